The van der Waals surface area contributed by atoms with Gasteiger partial charge in [0.15, 0.2) is 17.5 Å². The van der Waals surface area contributed by atoms with Crippen molar-refractivity contribution in [3.8, 4) is 18.4 Å². The summed E-state index contributed by atoms with van der Waals surface area (Å²) in [6, 6.07) is 2.31. The predicted molar refractivity (Wildman–Crippen MR) is 51.5 cm³/mol. The van der Waals surface area contributed by atoms with Crippen molar-refractivity contribution >= 4 is 0 Å². The molecule has 0 bridgehead atoms. The molecule has 0 aromatic heterocycles. The minimum Gasteiger partial charge on any atom is -0.287 e. The van der Waals surface area contributed by atoms with E-state index in [1.165, 1.54) is 0 Å². The molecule has 1 aromatic carbocycles. The third kappa shape index (κ3) is 2.53. The van der Waals surface area contributed by atoms with Crippen LogP contribution in [0.15, 0.2) is 12.1 Å². The van der Waals surface area contributed by atoms with Gasteiger partial charge in [-0.25, -0.2) is 13.2 Å². The molecule has 1 unspecified atom stereocenters. The first kappa shape index (κ1) is 12.1. The van der Waals surface area contributed by atoms with E-state index in [4.69, 9.17) is 11.7 Å². The fourth-order valence-electron chi connectivity index (χ4n) is 1.14. The summed E-state index contributed by atoms with van der Waals surface area (Å²) in [6.07, 6.45) is 4.96. The highest BCUT2D eigenvalue weighted by atomic mass is 19.2. The molecule has 82 valence electrons. The van der Waals surface area contributed by atoms with Gasteiger partial charge in [0.25, 0.3) is 0 Å². The van der Waals surface area contributed by atoms with Gasteiger partial charge < -0.3 is 0 Å². The van der Waals surface area contributed by atoms with Crippen LogP contribution in [0.2, 0.25) is 0 Å². The zero-order valence-corrected chi connectivity index (χ0v) is 8.10. The SMILES string of the molecule is C#CCNC(C#N)c1cc(F)c(F)c(F)c1. The number of nitrogens with zero attached hydrogens (tertiary/aromatic N) is 1. The molecule has 1 rings (SSSR count). The number of benzene rings is 1. The van der Waals surface area contributed by atoms with Crippen LogP contribution in [0, 0.1) is 41.1 Å². The van der Waals surface area contributed by atoms with Crippen LogP contribution in [0.25, 0.3) is 0 Å². The van der Waals surface area contributed by atoms with Gasteiger partial charge in [0.2, 0.25) is 0 Å². The molecule has 1 aromatic rings. The highest BCUT2D eigenvalue weighted by molar-refractivity contribution is 5.26. The van der Waals surface area contributed by atoms with Crippen molar-refractivity contribution in [1.29, 1.82) is 5.26 Å². The standard InChI is InChI=1S/C11H7F3N2/c1-2-3-16-10(6-15)7-4-8(12)11(14)9(13)5-7/h1,4-5,10,16H,3H2. The van der Waals surface area contributed by atoms with Gasteiger partial charge in [-0.3, -0.25) is 5.32 Å². The molecule has 0 fully saturated rings. The highest BCUT2D eigenvalue weighted by Gasteiger charge is 2.16. The Balaban J connectivity index is 3.04. The summed E-state index contributed by atoms with van der Waals surface area (Å²) >= 11 is 0. The second-order valence-corrected chi connectivity index (χ2v) is 2.95. The molecule has 0 aliphatic rings. The van der Waals surface area contributed by atoms with Crippen molar-refractivity contribution in [2.75, 3.05) is 6.54 Å². The van der Waals surface area contributed by atoms with Crippen molar-refractivity contribution in [1.82, 2.24) is 5.32 Å². The summed E-state index contributed by atoms with van der Waals surface area (Å²) in [7, 11) is 0. The second-order valence-electron chi connectivity index (χ2n) is 2.95. The summed E-state index contributed by atoms with van der Waals surface area (Å²) in [4.78, 5) is 0. The summed E-state index contributed by atoms with van der Waals surface area (Å²) in [6.45, 7) is 0.0683. The number of nitriles is 1. The normalized spacial score (nSPS) is 11.6. The number of rotatable bonds is 3. The molecular weight excluding hydrogens is 217 g/mol. The Morgan fingerprint density at radius 2 is 1.88 bits per heavy atom. The third-order valence-corrected chi connectivity index (χ3v) is 1.88. The van der Waals surface area contributed by atoms with E-state index in [1.54, 1.807) is 6.07 Å². The average molecular weight is 224 g/mol. The highest BCUT2D eigenvalue weighted by Crippen LogP contribution is 2.18. The summed E-state index contributed by atoms with van der Waals surface area (Å²) in [5.74, 6) is -2.01. The molecule has 5 heteroatoms. The molecule has 1 N–H and O–H groups in total. The molecule has 0 radical (unpaired) electrons. The largest absolute Gasteiger partial charge is 0.287 e. The molecule has 2 nitrogen and oxygen atoms in total. The van der Waals surface area contributed by atoms with Crippen molar-refractivity contribution in [2.45, 2.75) is 6.04 Å². The Kier molecular flexibility index (Phi) is 3.93. The van der Waals surface area contributed by atoms with Crippen LogP contribution in [0.1, 0.15) is 11.6 Å². The second kappa shape index (κ2) is 5.20. The number of hydrogen-bond acceptors (Lipinski definition) is 2. The Hall–Kier alpha value is -1.98. The zero-order chi connectivity index (χ0) is 12.1. The molecule has 0 saturated heterocycles. The minimum atomic E-state index is -1.56. The molecule has 0 aliphatic heterocycles. The van der Waals surface area contributed by atoms with Gasteiger partial charge in [0, 0.05) is 0 Å². The molecule has 0 heterocycles. The quantitative estimate of drug-likeness (QED) is 0.628. The van der Waals surface area contributed by atoms with E-state index in [0.29, 0.717) is 0 Å². The fraction of sp³-hybridized carbons (Fsp3) is 0.182. The monoisotopic (exact) mass is 224 g/mol. The summed E-state index contributed by atoms with van der Waals surface area (Å²) in [5, 5.41) is 11.3. The predicted octanol–water partition coefficient (Wildman–Crippen LogP) is 1.89. The molecular formula is C11H7F3N2. The smallest absolute Gasteiger partial charge is 0.194 e. The maximum Gasteiger partial charge on any atom is 0.194 e. The maximum atomic E-state index is 12.9. The van der Waals surface area contributed by atoms with Crippen molar-refractivity contribution in [3.05, 3.63) is 35.1 Å². The van der Waals surface area contributed by atoms with Gasteiger partial charge in [-0.1, -0.05) is 5.92 Å². The van der Waals surface area contributed by atoms with E-state index in [1.807, 2.05) is 0 Å². The summed E-state index contributed by atoms with van der Waals surface area (Å²) in [5.41, 5.74) is -0.00542. The van der Waals surface area contributed by atoms with Gasteiger partial charge in [-0.15, -0.1) is 6.42 Å². The number of nitrogens with one attached hydrogen (secondary N) is 1. The van der Waals surface area contributed by atoms with E-state index in [2.05, 4.69) is 11.2 Å². The molecule has 16 heavy (non-hydrogen) atoms. The number of halogens is 3. The van der Waals surface area contributed by atoms with Gasteiger partial charge in [0.1, 0.15) is 6.04 Å². The van der Waals surface area contributed by atoms with E-state index >= 15 is 0 Å². The van der Waals surface area contributed by atoms with Gasteiger partial charge >= 0.3 is 0 Å². The Bertz CT molecular complexity index is 448. The lowest BCUT2D eigenvalue weighted by atomic mass is 10.1. The molecule has 0 aliphatic carbocycles. The lowest BCUT2D eigenvalue weighted by Crippen LogP contribution is -2.20. The molecule has 0 saturated carbocycles. The topological polar surface area (TPSA) is 35.8 Å². The number of hydrogen-bond donors (Lipinski definition) is 1. The van der Waals surface area contributed by atoms with Crippen LogP contribution in [-0.4, -0.2) is 6.54 Å². The van der Waals surface area contributed by atoms with Crippen LogP contribution in [0.5, 0.6) is 0 Å². The Morgan fingerprint density at radius 1 is 1.31 bits per heavy atom. The van der Waals surface area contributed by atoms with Gasteiger partial charge in [0.05, 0.1) is 12.6 Å². The van der Waals surface area contributed by atoms with Crippen molar-refractivity contribution in [2.24, 2.45) is 0 Å². The average Bonchev–Trinajstić information content (AvgIpc) is 2.26. The first-order valence-electron chi connectivity index (χ1n) is 4.31. The van der Waals surface area contributed by atoms with Crippen LogP contribution in [0.4, 0.5) is 13.2 Å². The van der Waals surface area contributed by atoms with Gasteiger partial charge in [-0.2, -0.15) is 5.26 Å². The molecule has 0 spiro atoms. The van der Waals surface area contributed by atoms with Crippen LogP contribution < -0.4 is 5.32 Å². The van der Waals surface area contributed by atoms with Crippen LogP contribution in [0.3, 0.4) is 0 Å². The lowest BCUT2D eigenvalue weighted by molar-refractivity contribution is 0.443. The minimum absolute atomic E-state index is 0.00542. The fourth-order valence-corrected chi connectivity index (χ4v) is 1.14. The van der Waals surface area contributed by atoms with E-state index in [9.17, 15) is 13.2 Å². The molecule has 0 amide bonds. The Labute approximate surface area is 90.7 Å². The van der Waals surface area contributed by atoms with Crippen molar-refractivity contribution < 1.29 is 13.2 Å². The van der Waals surface area contributed by atoms with Crippen molar-refractivity contribution in [3.63, 3.8) is 0 Å². The lowest BCUT2D eigenvalue weighted by Gasteiger charge is -2.10. The first-order valence-corrected chi connectivity index (χ1v) is 4.31. The van der Waals surface area contributed by atoms with E-state index < -0.39 is 23.5 Å². The first-order chi connectivity index (χ1) is 7.60. The molecule has 1 atom stereocenters. The van der Waals surface area contributed by atoms with E-state index in [-0.39, 0.29) is 12.1 Å². The summed E-state index contributed by atoms with van der Waals surface area (Å²) < 4.78 is 38.4. The number of terminal acetylenes is 1. The maximum absolute atomic E-state index is 12.9. The van der Waals surface area contributed by atoms with Crippen LogP contribution in [-0.2, 0) is 0 Å². The van der Waals surface area contributed by atoms with E-state index in [0.717, 1.165) is 12.1 Å². The van der Waals surface area contributed by atoms with Crippen LogP contribution >= 0.6 is 0 Å². The third-order valence-electron chi connectivity index (χ3n) is 1.88. The van der Waals surface area contributed by atoms with Gasteiger partial charge in [-0.05, 0) is 17.7 Å². The zero-order valence-electron chi connectivity index (χ0n) is 8.10. The Morgan fingerprint density at radius 3 is 2.31 bits per heavy atom.